The number of rotatable bonds is 5. The summed E-state index contributed by atoms with van der Waals surface area (Å²) in [5.74, 6) is 0.0858. The molecule has 1 aliphatic heterocycles. The van der Waals surface area contributed by atoms with Gasteiger partial charge in [0, 0.05) is 7.11 Å². The molecule has 6 N–H and O–H groups in total. The van der Waals surface area contributed by atoms with Gasteiger partial charge in [-0.1, -0.05) is 0 Å². The zero-order valence-electron chi connectivity index (χ0n) is 12.0. The van der Waals surface area contributed by atoms with E-state index in [1.165, 1.54) is 19.2 Å². The molecule has 0 spiro atoms. The lowest BCUT2D eigenvalue weighted by atomic mass is 9.96. The summed E-state index contributed by atoms with van der Waals surface area (Å²) < 4.78 is 10.3. The van der Waals surface area contributed by atoms with Crippen LogP contribution in [0.4, 0.5) is 5.82 Å². The Kier molecular flexibility index (Phi) is 5.51. The summed E-state index contributed by atoms with van der Waals surface area (Å²) in [5.41, 5.74) is 0.0621. The number of pyridine rings is 1. The second-order valence-corrected chi connectivity index (χ2v) is 4.93. The quantitative estimate of drug-likeness (QED) is 0.368. The highest BCUT2D eigenvalue weighted by atomic mass is 16.7. The Labute approximate surface area is 126 Å². The minimum atomic E-state index is -1.31. The number of anilines is 1. The van der Waals surface area contributed by atoms with E-state index in [1.54, 1.807) is 0 Å². The number of methoxy groups -OCH3 is 1. The van der Waals surface area contributed by atoms with Crippen molar-refractivity contribution in [2.75, 3.05) is 19.0 Å². The lowest BCUT2D eigenvalue weighted by Crippen LogP contribution is -2.61. The van der Waals surface area contributed by atoms with E-state index in [2.05, 4.69) is 10.3 Å². The topological polar surface area (TPSA) is 145 Å². The number of aromatic hydroxyl groups is 1. The molecule has 0 aromatic carbocycles. The van der Waals surface area contributed by atoms with Gasteiger partial charge in [-0.05, 0) is 12.1 Å². The first-order valence-corrected chi connectivity index (χ1v) is 6.73. The largest absolute Gasteiger partial charge is 0.506 e. The molecule has 1 aromatic rings. The van der Waals surface area contributed by atoms with Crippen LogP contribution in [0.25, 0.3) is 0 Å². The second kappa shape index (κ2) is 7.18. The van der Waals surface area contributed by atoms with Gasteiger partial charge in [0.05, 0.1) is 19.3 Å². The number of aliphatic hydroxyl groups excluding tert-OH is 4. The van der Waals surface area contributed by atoms with Crippen LogP contribution in [0.1, 0.15) is 5.69 Å². The van der Waals surface area contributed by atoms with Crippen LogP contribution in [0.2, 0.25) is 0 Å². The normalized spacial score (nSPS) is 32.0. The predicted molar refractivity (Wildman–Crippen MR) is 74.0 cm³/mol. The van der Waals surface area contributed by atoms with Gasteiger partial charge in [0.2, 0.25) is 0 Å². The molecule has 5 atom stereocenters. The number of aliphatic hydroxyl groups is 4. The SMILES string of the molecule is CO[C@H]1O[C@H](CO)[C@@H](Nc2ccc(O)c(CO)n2)[C@H](O)[C@H]1O. The molecule has 9 nitrogen and oxygen atoms in total. The van der Waals surface area contributed by atoms with E-state index in [1.807, 2.05) is 0 Å². The van der Waals surface area contributed by atoms with Crippen LogP contribution in [-0.4, -0.2) is 74.9 Å². The highest BCUT2D eigenvalue weighted by Gasteiger charge is 2.44. The molecule has 1 fully saturated rings. The van der Waals surface area contributed by atoms with Gasteiger partial charge in [-0.25, -0.2) is 4.98 Å². The maximum atomic E-state index is 10.2. The summed E-state index contributed by atoms with van der Waals surface area (Å²) in [6, 6.07) is 1.92. The zero-order chi connectivity index (χ0) is 16.3. The first-order chi connectivity index (χ1) is 10.5. The van der Waals surface area contributed by atoms with E-state index >= 15 is 0 Å². The van der Waals surface area contributed by atoms with Crippen molar-refractivity contribution in [2.24, 2.45) is 0 Å². The molecule has 1 saturated heterocycles. The molecule has 2 rings (SSSR count). The van der Waals surface area contributed by atoms with Gasteiger partial charge in [-0.15, -0.1) is 0 Å². The fraction of sp³-hybridized carbons (Fsp3) is 0.615. The molecule has 22 heavy (non-hydrogen) atoms. The number of hydrogen-bond donors (Lipinski definition) is 6. The molecule has 1 aliphatic rings. The third-order valence-electron chi connectivity index (χ3n) is 3.53. The minimum absolute atomic E-state index is 0.0621. The van der Waals surface area contributed by atoms with E-state index in [9.17, 15) is 20.4 Å². The van der Waals surface area contributed by atoms with Crippen LogP contribution in [0, 0.1) is 0 Å². The molecule has 2 heterocycles. The Morgan fingerprint density at radius 2 is 2.00 bits per heavy atom. The minimum Gasteiger partial charge on any atom is -0.506 e. The first-order valence-electron chi connectivity index (χ1n) is 6.73. The van der Waals surface area contributed by atoms with E-state index in [-0.39, 0.29) is 17.3 Å². The van der Waals surface area contributed by atoms with Crippen LogP contribution in [0.15, 0.2) is 12.1 Å². The molecule has 0 aliphatic carbocycles. The first kappa shape index (κ1) is 16.9. The van der Waals surface area contributed by atoms with Crippen molar-refractivity contribution in [3.05, 3.63) is 17.8 Å². The van der Waals surface area contributed by atoms with Gasteiger partial charge < -0.3 is 40.3 Å². The predicted octanol–water partition coefficient (Wildman–Crippen LogP) is -1.85. The van der Waals surface area contributed by atoms with Crippen molar-refractivity contribution in [3.63, 3.8) is 0 Å². The number of nitrogens with one attached hydrogen (secondary N) is 1. The third-order valence-corrected chi connectivity index (χ3v) is 3.53. The molecule has 1 aromatic heterocycles. The molecule has 0 unspecified atom stereocenters. The van der Waals surface area contributed by atoms with Crippen LogP contribution in [0.5, 0.6) is 5.75 Å². The summed E-state index contributed by atoms with van der Waals surface area (Å²) in [5, 5.41) is 50.9. The molecule has 9 heteroatoms. The smallest absolute Gasteiger partial charge is 0.186 e. The second-order valence-electron chi connectivity index (χ2n) is 4.93. The average molecular weight is 316 g/mol. The van der Waals surface area contributed by atoms with Crippen molar-refractivity contribution in [1.82, 2.24) is 4.98 Å². The van der Waals surface area contributed by atoms with Gasteiger partial charge in [0.15, 0.2) is 6.29 Å². The number of nitrogens with zero attached hydrogens (tertiary/aromatic N) is 1. The maximum absolute atomic E-state index is 10.2. The van der Waals surface area contributed by atoms with Crippen LogP contribution < -0.4 is 5.32 Å². The molecule has 0 bridgehead atoms. The van der Waals surface area contributed by atoms with Gasteiger partial charge in [-0.3, -0.25) is 0 Å². The fourth-order valence-electron chi connectivity index (χ4n) is 2.32. The monoisotopic (exact) mass is 316 g/mol. The van der Waals surface area contributed by atoms with Crippen molar-refractivity contribution in [3.8, 4) is 5.75 Å². The molecular formula is C13H20N2O7. The molecule has 0 radical (unpaired) electrons. The molecular weight excluding hydrogens is 296 g/mol. The fourth-order valence-corrected chi connectivity index (χ4v) is 2.32. The van der Waals surface area contributed by atoms with Crippen LogP contribution in [0.3, 0.4) is 0 Å². The van der Waals surface area contributed by atoms with E-state index < -0.39 is 43.9 Å². The van der Waals surface area contributed by atoms with E-state index in [0.717, 1.165) is 0 Å². The number of aromatic nitrogens is 1. The van der Waals surface area contributed by atoms with Gasteiger partial charge in [0.25, 0.3) is 0 Å². The van der Waals surface area contributed by atoms with Crippen LogP contribution >= 0.6 is 0 Å². The van der Waals surface area contributed by atoms with Crippen molar-refractivity contribution < 1.29 is 35.0 Å². The lowest BCUT2D eigenvalue weighted by Gasteiger charge is -2.42. The zero-order valence-corrected chi connectivity index (χ0v) is 12.0. The third kappa shape index (κ3) is 3.29. The Balaban J connectivity index is 2.19. The summed E-state index contributed by atoms with van der Waals surface area (Å²) in [7, 11) is 1.32. The summed E-state index contributed by atoms with van der Waals surface area (Å²) in [4.78, 5) is 3.98. The van der Waals surface area contributed by atoms with Crippen molar-refractivity contribution in [1.29, 1.82) is 0 Å². The van der Waals surface area contributed by atoms with Gasteiger partial charge >= 0.3 is 0 Å². The lowest BCUT2D eigenvalue weighted by molar-refractivity contribution is -0.266. The maximum Gasteiger partial charge on any atom is 0.186 e. The van der Waals surface area contributed by atoms with Gasteiger partial charge in [-0.2, -0.15) is 0 Å². The number of hydrogen-bond acceptors (Lipinski definition) is 9. The summed E-state index contributed by atoms with van der Waals surface area (Å²) >= 11 is 0. The Morgan fingerprint density at radius 1 is 1.27 bits per heavy atom. The summed E-state index contributed by atoms with van der Waals surface area (Å²) in [6.45, 7) is -0.866. The highest BCUT2D eigenvalue weighted by Crippen LogP contribution is 2.25. The summed E-state index contributed by atoms with van der Waals surface area (Å²) in [6.07, 6.45) is -4.47. The Morgan fingerprint density at radius 3 is 2.59 bits per heavy atom. The Hall–Kier alpha value is -1.49. The van der Waals surface area contributed by atoms with Crippen molar-refractivity contribution >= 4 is 5.82 Å². The standard InChI is InChI=1S/C13H20N2O7/c1-21-13-12(20)11(19)10(8(5-17)22-13)15-9-3-2-7(18)6(4-16)14-9/h2-3,8,10-13,16-20H,4-5H2,1H3,(H,14,15)/t8-,10-,11+,12-,13+/m1/s1. The van der Waals surface area contributed by atoms with Gasteiger partial charge in [0.1, 0.15) is 35.6 Å². The Bertz CT molecular complexity index is 499. The molecule has 124 valence electrons. The average Bonchev–Trinajstić information content (AvgIpc) is 2.53. The highest BCUT2D eigenvalue weighted by molar-refractivity contribution is 5.42. The molecule has 0 saturated carbocycles. The number of ether oxygens (including phenoxy) is 2. The van der Waals surface area contributed by atoms with E-state index in [0.29, 0.717) is 0 Å². The molecule has 0 amide bonds. The van der Waals surface area contributed by atoms with E-state index in [4.69, 9.17) is 14.6 Å². The van der Waals surface area contributed by atoms with Crippen molar-refractivity contribution in [2.45, 2.75) is 37.3 Å². The van der Waals surface area contributed by atoms with Crippen LogP contribution in [-0.2, 0) is 16.1 Å².